The van der Waals surface area contributed by atoms with Gasteiger partial charge in [-0.2, -0.15) is 0 Å². The Labute approximate surface area is 236 Å². The van der Waals surface area contributed by atoms with Gasteiger partial charge in [0, 0.05) is 38.0 Å². The summed E-state index contributed by atoms with van der Waals surface area (Å²) in [5.41, 5.74) is 6.02. The number of rotatable bonds is 6. The van der Waals surface area contributed by atoms with Crippen LogP contribution >= 0.6 is 0 Å². The van der Waals surface area contributed by atoms with Crippen molar-refractivity contribution in [3.05, 3.63) is 71.7 Å². The Bertz CT molecular complexity index is 1130. The van der Waals surface area contributed by atoms with Gasteiger partial charge in [-0.1, -0.05) is 44.2 Å². The zero-order chi connectivity index (χ0) is 29.8. The number of fused-ring (bicyclic) bond motifs is 2. The molecule has 1 heterocycles. The molecule has 2 bridgehead atoms. The summed E-state index contributed by atoms with van der Waals surface area (Å²) in [6.45, 7) is 9.55. The first kappa shape index (κ1) is 32.5. The molecule has 0 fully saturated rings. The van der Waals surface area contributed by atoms with Crippen LogP contribution in [0.1, 0.15) is 40.0 Å². The summed E-state index contributed by atoms with van der Waals surface area (Å²) in [5.74, 6) is -1.34. The van der Waals surface area contributed by atoms with Gasteiger partial charge in [0.05, 0.1) is 17.5 Å². The molecule has 0 aromatic rings. The second-order valence-electron chi connectivity index (χ2n) is 10.1. The molecule has 2 amide bonds. The fourth-order valence-corrected chi connectivity index (χ4v) is 4.59. The van der Waals surface area contributed by atoms with Crippen molar-refractivity contribution in [2.45, 2.75) is 58.3 Å². The minimum atomic E-state index is -0.944. The van der Waals surface area contributed by atoms with Crippen molar-refractivity contribution >= 4 is 23.6 Å². The Hall–Kier alpha value is -3.76. The highest BCUT2D eigenvalue weighted by molar-refractivity contribution is 6.23. The molecule has 10 nitrogen and oxygen atoms in total. The Morgan fingerprint density at radius 3 is 2.48 bits per heavy atom. The number of ketones is 2. The summed E-state index contributed by atoms with van der Waals surface area (Å²) < 4.78 is 16.5. The molecule has 0 aromatic carbocycles. The number of hydrogen-bond donors (Lipinski definition) is 3. The van der Waals surface area contributed by atoms with Crippen LogP contribution in [0.25, 0.3) is 0 Å². The quantitative estimate of drug-likeness (QED) is 0.335. The molecule has 10 heteroatoms. The van der Waals surface area contributed by atoms with Gasteiger partial charge in [-0.3, -0.25) is 14.4 Å². The molecule has 0 spiro atoms. The summed E-state index contributed by atoms with van der Waals surface area (Å²) in [6, 6.07) is 0. The predicted octanol–water partition coefficient (Wildman–Crippen LogP) is 3.18. The predicted molar refractivity (Wildman–Crippen MR) is 152 cm³/mol. The van der Waals surface area contributed by atoms with Gasteiger partial charge in [0.15, 0.2) is 6.10 Å². The summed E-state index contributed by atoms with van der Waals surface area (Å²) in [6.07, 6.45) is 10.1. The number of carbonyl (C=O) groups excluding carboxylic acids is 4. The molecule has 40 heavy (non-hydrogen) atoms. The number of allylic oxidation sites excluding steroid dienone is 5. The van der Waals surface area contributed by atoms with Crippen molar-refractivity contribution in [3.8, 4) is 0 Å². The highest BCUT2D eigenvalue weighted by Crippen LogP contribution is 2.28. The highest BCUT2D eigenvalue weighted by atomic mass is 16.6. The van der Waals surface area contributed by atoms with Crippen LogP contribution < -0.4 is 16.4 Å². The first-order valence-electron chi connectivity index (χ1n) is 13.3. The zero-order valence-electron chi connectivity index (χ0n) is 23.9. The van der Waals surface area contributed by atoms with E-state index in [1.807, 2.05) is 19.9 Å². The summed E-state index contributed by atoms with van der Waals surface area (Å²) in [5, 5.41) is 5.58. The van der Waals surface area contributed by atoms with Crippen LogP contribution in [0.15, 0.2) is 71.7 Å². The monoisotopic (exact) mass is 555 g/mol. The standard InChI is InChI=1S/C30H41N3O7/c1-7-13-32-27-22-16-19(3)15-21(38-5)14-18(2)11-12-26(40-30(31)37)25(39-6)10-8-9-20(4)29(36)33-23(28(22)35)17-24(27)34/h7-12,17-19,21,25-26,32H,1,13-16H2,2-6H3,(H2,31,37)(H,33,36)/b10-8-,12-11+,20-9+/t18-,19-,21+,25-,26-/m0/s1. The molecule has 0 aromatic heterocycles. The maximum absolute atomic E-state index is 13.5. The van der Waals surface area contributed by atoms with E-state index in [-0.39, 0.29) is 34.9 Å². The maximum Gasteiger partial charge on any atom is 0.405 e. The first-order chi connectivity index (χ1) is 19.0. The summed E-state index contributed by atoms with van der Waals surface area (Å²) in [7, 11) is 3.09. The number of hydrogen-bond acceptors (Lipinski definition) is 8. The number of methoxy groups -OCH3 is 2. The summed E-state index contributed by atoms with van der Waals surface area (Å²) >= 11 is 0. The second kappa shape index (κ2) is 15.7. The Kier molecular flexibility index (Phi) is 12.8. The molecule has 4 N–H and O–H groups in total. The lowest BCUT2D eigenvalue weighted by atomic mass is 9.86. The van der Waals surface area contributed by atoms with Crippen LogP contribution in [0.4, 0.5) is 4.79 Å². The summed E-state index contributed by atoms with van der Waals surface area (Å²) in [4.78, 5) is 50.9. The van der Waals surface area contributed by atoms with Crippen molar-refractivity contribution in [1.29, 1.82) is 0 Å². The van der Waals surface area contributed by atoms with Crippen molar-refractivity contribution in [3.63, 3.8) is 0 Å². The Balaban J connectivity index is 2.52. The second-order valence-corrected chi connectivity index (χ2v) is 10.1. The molecule has 0 radical (unpaired) electrons. The number of ether oxygens (including phenoxy) is 3. The molecule has 218 valence electrons. The third-order valence-corrected chi connectivity index (χ3v) is 6.68. The van der Waals surface area contributed by atoms with Crippen LogP contribution in [-0.2, 0) is 28.6 Å². The highest BCUT2D eigenvalue weighted by Gasteiger charge is 2.31. The minimum absolute atomic E-state index is 0.0276. The van der Waals surface area contributed by atoms with Gasteiger partial charge in [0.1, 0.15) is 6.10 Å². The van der Waals surface area contributed by atoms with E-state index in [1.165, 1.54) is 13.2 Å². The molecule has 0 saturated heterocycles. The van der Waals surface area contributed by atoms with Crippen LogP contribution in [-0.4, -0.2) is 62.6 Å². The lowest BCUT2D eigenvalue weighted by Crippen LogP contribution is -2.36. The maximum atomic E-state index is 13.5. The van der Waals surface area contributed by atoms with Crippen LogP contribution in [0.5, 0.6) is 0 Å². The molecular formula is C30H41N3O7. The van der Waals surface area contributed by atoms with E-state index in [0.717, 1.165) is 6.08 Å². The van der Waals surface area contributed by atoms with E-state index in [1.54, 1.807) is 38.3 Å². The van der Waals surface area contributed by atoms with Gasteiger partial charge in [0.2, 0.25) is 11.6 Å². The molecule has 1 aliphatic carbocycles. The number of amides is 2. The average Bonchev–Trinajstić information content (AvgIpc) is 2.90. The fraction of sp³-hybridized carbons (Fsp3) is 0.467. The first-order valence-corrected chi connectivity index (χ1v) is 13.3. The SMILES string of the molecule is C=CCNC1=C2C[C@@H](C)C[C@H](OC)C[C@@H](C)/C=C/[C@H](OC(N)=O)[C@@H](OC)/C=C\C=C(/C)C(=O)NC(=CC1=O)C2=O. The molecule has 2 rings (SSSR count). The van der Waals surface area contributed by atoms with Crippen LogP contribution in [0.3, 0.4) is 0 Å². The Morgan fingerprint density at radius 2 is 1.85 bits per heavy atom. The van der Waals surface area contributed by atoms with Gasteiger partial charge in [-0.15, -0.1) is 6.58 Å². The Morgan fingerprint density at radius 1 is 1.12 bits per heavy atom. The van der Waals surface area contributed by atoms with Crippen molar-refractivity contribution < 1.29 is 33.4 Å². The smallest absolute Gasteiger partial charge is 0.405 e. The average molecular weight is 556 g/mol. The van der Waals surface area contributed by atoms with E-state index in [9.17, 15) is 19.2 Å². The normalized spacial score (nSPS) is 29.9. The van der Waals surface area contributed by atoms with Crippen LogP contribution in [0.2, 0.25) is 0 Å². The zero-order valence-corrected chi connectivity index (χ0v) is 23.9. The van der Waals surface area contributed by atoms with Crippen LogP contribution in [0, 0.1) is 11.8 Å². The van der Waals surface area contributed by atoms with Gasteiger partial charge < -0.3 is 30.6 Å². The van der Waals surface area contributed by atoms with E-state index < -0.39 is 35.8 Å². The third-order valence-electron chi connectivity index (χ3n) is 6.68. The molecule has 2 aliphatic rings. The number of nitrogens with one attached hydrogen (secondary N) is 2. The molecular weight excluding hydrogens is 514 g/mol. The van der Waals surface area contributed by atoms with E-state index in [4.69, 9.17) is 19.9 Å². The minimum Gasteiger partial charge on any atom is -0.439 e. The fourth-order valence-electron chi connectivity index (χ4n) is 4.59. The van der Waals surface area contributed by atoms with E-state index in [2.05, 4.69) is 17.2 Å². The molecule has 0 unspecified atom stereocenters. The topological polar surface area (TPSA) is 146 Å². The van der Waals surface area contributed by atoms with Gasteiger partial charge >= 0.3 is 6.09 Å². The van der Waals surface area contributed by atoms with Gasteiger partial charge in [-0.05, 0) is 44.1 Å². The van der Waals surface area contributed by atoms with Gasteiger partial charge in [0.25, 0.3) is 5.91 Å². The van der Waals surface area contributed by atoms with Gasteiger partial charge in [-0.25, -0.2) is 4.79 Å². The number of Topliss-reactive ketones (excluding diaryl/α,β-unsaturated/α-hetero) is 1. The number of nitrogens with two attached hydrogens (primary N) is 1. The lowest BCUT2D eigenvalue weighted by Gasteiger charge is -2.25. The molecule has 5 atom stereocenters. The van der Waals surface area contributed by atoms with Crippen molar-refractivity contribution in [1.82, 2.24) is 10.6 Å². The third kappa shape index (κ3) is 9.46. The molecule has 0 saturated carbocycles. The lowest BCUT2D eigenvalue weighted by molar-refractivity contribution is -0.120. The number of primary amides is 1. The van der Waals surface area contributed by atoms with Crippen molar-refractivity contribution in [2.24, 2.45) is 17.6 Å². The number of carbonyl (C=O) groups is 4. The van der Waals surface area contributed by atoms with E-state index >= 15 is 0 Å². The largest absolute Gasteiger partial charge is 0.439 e. The van der Waals surface area contributed by atoms with E-state index in [0.29, 0.717) is 31.4 Å². The van der Waals surface area contributed by atoms with Crippen molar-refractivity contribution in [2.75, 3.05) is 20.8 Å². The molecule has 1 aliphatic heterocycles.